The maximum Gasteiger partial charge on any atom is 0.342 e. The molecule has 0 aromatic heterocycles. The molecule has 0 fully saturated rings. The lowest BCUT2D eigenvalue weighted by Gasteiger charge is -2.31. The van der Waals surface area contributed by atoms with Crippen LogP contribution in [-0.4, -0.2) is 18.1 Å². The maximum atomic E-state index is 11.9. The average Bonchev–Trinajstić information content (AvgIpc) is 1.83. The molecule has 5 heteroatoms. The Morgan fingerprint density at radius 3 is 1.90 bits per heavy atom. The van der Waals surface area contributed by atoms with Gasteiger partial charge >= 0.3 is 11.8 Å². The first-order chi connectivity index (χ1) is 4.42. The molecular formula is C5HF4O. The summed E-state index contributed by atoms with van der Waals surface area (Å²) < 4.78 is 47.3. The van der Waals surface area contributed by atoms with Gasteiger partial charge in [0.2, 0.25) is 6.29 Å². The minimum Gasteiger partial charge on any atom is -0.285 e. The molecule has 0 aromatic rings. The molecule has 1 nitrogen and oxygen atoms in total. The van der Waals surface area contributed by atoms with E-state index in [0.717, 1.165) is 6.29 Å². The zero-order valence-electron chi connectivity index (χ0n) is 4.50. The first-order valence-electron chi connectivity index (χ1n) is 2.29. The maximum absolute atomic E-state index is 11.9. The van der Waals surface area contributed by atoms with Gasteiger partial charge in [-0.15, -0.1) is 0 Å². The lowest BCUT2D eigenvalue weighted by molar-refractivity contribution is -0.174. The molecular weight excluding hydrogens is 152 g/mol. The van der Waals surface area contributed by atoms with Gasteiger partial charge in [-0.2, -0.15) is 17.6 Å². The molecule has 0 N–H and O–H groups in total. The molecule has 1 rings (SSSR count). The van der Waals surface area contributed by atoms with E-state index < -0.39 is 17.4 Å². The Bertz CT molecular complexity index is 206. The van der Waals surface area contributed by atoms with E-state index in [9.17, 15) is 22.4 Å². The quantitative estimate of drug-likeness (QED) is 0.519. The SMILES string of the molecule is O=[C]C1=CC(F)(F)C1(F)F. The van der Waals surface area contributed by atoms with Gasteiger partial charge in [-0.1, -0.05) is 0 Å². The second-order valence-corrected chi connectivity index (χ2v) is 1.86. The molecule has 0 saturated heterocycles. The molecule has 0 unspecified atom stereocenters. The Morgan fingerprint density at radius 2 is 1.80 bits per heavy atom. The van der Waals surface area contributed by atoms with Crippen LogP contribution in [0.1, 0.15) is 0 Å². The van der Waals surface area contributed by atoms with Gasteiger partial charge in [0.25, 0.3) is 0 Å². The van der Waals surface area contributed by atoms with Crippen LogP contribution in [0.2, 0.25) is 0 Å². The zero-order chi connectivity index (χ0) is 7.99. The standard InChI is InChI=1S/C5HF4O/c6-4(7)1-3(2-10)5(4,8)9/h1H. The van der Waals surface area contributed by atoms with Crippen LogP contribution in [0.3, 0.4) is 0 Å². The minimum absolute atomic E-state index is 0.0972. The zero-order valence-corrected chi connectivity index (χ0v) is 4.50. The number of halogens is 4. The summed E-state index contributed by atoms with van der Waals surface area (Å²) >= 11 is 0. The van der Waals surface area contributed by atoms with Crippen LogP contribution in [-0.2, 0) is 4.79 Å². The fraction of sp³-hybridized carbons (Fsp3) is 0.400. The second-order valence-electron chi connectivity index (χ2n) is 1.86. The number of allylic oxidation sites excluding steroid dienone is 2. The summed E-state index contributed by atoms with van der Waals surface area (Å²) in [5.41, 5.74) is -1.27. The van der Waals surface area contributed by atoms with E-state index in [0.29, 0.717) is 0 Å². The normalized spacial score (nSPS) is 26.6. The predicted molar refractivity (Wildman–Crippen MR) is 23.7 cm³/mol. The molecule has 0 amide bonds. The first-order valence-corrected chi connectivity index (χ1v) is 2.29. The molecule has 0 heterocycles. The van der Waals surface area contributed by atoms with Crippen LogP contribution in [0.25, 0.3) is 0 Å². The highest BCUT2D eigenvalue weighted by molar-refractivity contribution is 5.80. The van der Waals surface area contributed by atoms with Gasteiger partial charge in [0.05, 0.1) is 5.57 Å². The van der Waals surface area contributed by atoms with E-state index in [2.05, 4.69) is 0 Å². The number of hydrogen-bond donors (Lipinski definition) is 0. The number of rotatable bonds is 1. The van der Waals surface area contributed by atoms with Crippen LogP contribution >= 0.6 is 0 Å². The second kappa shape index (κ2) is 1.59. The molecule has 0 saturated carbocycles. The third-order valence-corrected chi connectivity index (χ3v) is 1.19. The molecule has 0 atom stereocenters. The van der Waals surface area contributed by atoms with Crippen molar-refractivity contribution >= 4 is 6.29 Å². The summed E-state index contributed by atoms with van der Waals surface area (Å²) in [6.45, 7) is 0. The largest absolute Gasteiger partial charge is 0.342 e. The summed E-state index contributed by atoms with van der Waals surface area (Å²) in [4.78, 5) is 9.48. The van der Waals surface area contributed by atoms with Crippen molar-refractivity contribution in [1.29, 1.82) is 0 Å². The van der Waals surface area contributed by atoms with Gasteiger partial charge in [0, 0.05) is 6.08 Å². The Morgan fingerprint density at radius 1 is 1.30 bits per heavy atom. The van der Waals surface area contributed by atoms with Gasteiger partial charge < -0.3 is 0 Å². The monoisotopic (exact) mass is 153 g/mol. The average molecular weight is 153 g/mol. The predicted octanol–water partition coefficient (Wildman–Crippen LogP) is 1.31. The van der Waals surface area contributed by atoms with E-state index >= 15 is 0 Å². The fourth-order valence-corrected chi connectivity index (χ4v) is 0.558. The van der Waals surface area contributed by atoms with Gasteiger partial charge in [0.1, 0.15) is 0 Å². The highest BCUT2D eigenvalue weighted by Gasteiger charge is 2.65. The van der Waals surface area contributed by atoms with Crippen molar-refractivity contribution in [2.24, 2.45) is 0 Å². The van der Waals surface area contributed by atoms with Gasteiger partial charge in [-0.05, 0) is 0 Å². The van der Waals surface area contributed by atoms with Crippen molar-refractivity contribution in [3.63, 3.8) is 0 Å². The van der Waals surface area contributed by atoms with E-state index in [-0.39, 0.29) is 6.08 Å². The third-order valence-electron chi connectivity index (χ3n) is 1.19. The van der Waals surface area contributed by atoms with E-state index in [1.165, 1.54) is 0 Å². The summed E-state index contributed by atoms with van der Waals surface area (Å²) in [6, 6.07) is 0. The van der Waals surface area contributed by atoms with Crippen molar-refractivity contribution in [1.82, 2.24) is 0 Å². The molecule has 1 radical (unpaired) electrons. The van der Waals surface area contributed by atoms with Crippen molar-refractivity contribution in [3.05, 3.63) is 11.6 Å². The number of hydrogen-bond acceptors (Lipinski definition) is 1. The Labute approximate surface area is 53.3 Å². The molecule has 0 aromatic carbocycles. The number of alkyl halides is 4. The molecule has 1 aliphatic carbocycles. The summed E-state index contributed by atoms with van der Waals surface area (Å²) in [5, 5.41) is 0. The molecule has 55 valence electrons. The Kier molecular flexibility index (Phi) is 1.15. The smallest absolute Gasteiger partial charge is 0.285 e. The van der Waals surface area contributed by atoms with Crippen molar-refractivity contribution in [2.45, 2.75) is 11.8 Å². The van der Waals surface area contributed by atoms with Crippen LogP contribution in [0, 0.1) is 0 Å². The molecule has 10 heavy (non-hydrogen) atoms. The highest BCUT2D eigenvalue weighted by Crippen LogP contribution is 2.48. The van der Waals surface area contributed by atoms with Gasteiger partial charge in [-0.25, -0.2) is 0 Å². The summed E-state index contributed by atoms with van der Waals surface area (Å²) in [5.74, 6) is -8.48. The lowest BCUT2D eigenvalue weighted by Crippen LogP contribution is -2.49. The summed E-state index contributed by atoms with van der Waals surface area (Å²) in [7, 11) is 0. The van der Waals surface area contributed by atoms with Crippen LogP contribution in [0.5, 0.6) is 0 Å². The highest BCUT2D eigenvalue weighted by atomic mass is 19.3. The van der Waals surface area contributed by atoms with Crippen molar-refractivity contribution in [3.8, 4) is 0 Å². The van der Waals surface area contributed by atoms with Crippen LogP contribution < -0.4 is 0 Å². The fourth-order valence-electron chi connectivity index (χ4n) is 0.558. The molecule has 0 bridgehead atoms. The summed E-state index contributed by atoms with van der Waals surface area (Å²) in [6.07, 6.45) is 0.631. The van der Waals surface area contributed by atoms with Gasteiger partial charge in [-0.3, -0.25) is 4.79 Å². The molecule has 0 spiro atoms. The molecule has 0 aliphatic heterocycles. The van der Waals surface area contributed by atoms with Crippen molar-refractivity contribution < 1.29 is 22.4 Å². The topological polar surface area (TPSA) is 17.1 Å². The van der Waals surface area contributed by atoms with E-state index in [1.54, 1.807) is 0 Å². The Hall–Kier alpha value is -0.870. The van der Waals surface area contributed by atoms with Crippen LogP contribution in [0.4, 0.5) is 17.6 Å². The van der Waals surface area contributed by atoms with Crippen molar-refractivity contribution in [2.75, 3.05) is 0 Å². The van der Waals surface area contributed by atoms with Crippen LogP contribution in [0.15, 0.2) is 11.6 Å². The third kappa shape index (κ3) is 0.600. The van der Waals surface area contributed by atoms with E-state index in [1.807, 2.05) is 0 Å². The lowest BCUT2D eigenvalue weighted by atomic mass is 9.90. The van der Waals surface area contributed by atoms with Gasteiger partial charge in [0.15, 0.2) is 0 Å². The molecule has 1 aliphatic rings. The number of carbonyl (C=O) groups excluding carboxylic acids is 1. The first kappa shape index (κ1) is 7.24. The Balaban J connectivity index is 2.98. The minimum atomic E-state index is -4.31. The van der Waals surface area contributed by atoms with E-state index in [4.69, 9.17) is 0 Å².